The molecule has 1 aromatic rings. The fraction of sp³-hybridized carbons (Fsp3) is 0.625. The Labute approximate surface area is 111 Å². The molecule has 2 rings (SSSR count). The van der Waals surface area contributed by atoms with Crippen molar-refractivity contribution in [2.45, 2.75) is 26.2 Å². The molecular formula is C16H26N2. The number of hydrogen-bond donors (Lipinski definition) is 1. The van der Waals surface area contributed by atoms with Gasteiger partial charge in [0.05, 0.1) is 0 Å². The zero-order valence-electron chi connectivity index (χ0n) is 11.8. The van der Waals surface area contributed by atoms with Crippen LogP contribution in [0.15, 0.2) is 24.3 Å². The molecule has 0 saturated carbocycles. The van der Waals surface area contributed by atoms with Crippen LogP contribution in [0.5, 0.6) is 0 Å². The first-order chi connectivity index (χ1) is 8.75. The van der Waals surface area contributed by atoms with Crippen LogP contribution in [0, 0.1) is 12.8 Å². The number of nitrogens with one attached hydrogen (secondary N) is 1. The van der Waals surface area contributed by atoms with Crippen LogP contribution in [0.25, 0.3) is 0 Å². The second kappa shape index (κ2) is 6.91. The Morgan fingerprint density at radius 2 is 1.94 bits per heavy atom. The summed E-state index contributed by atoms with van der Waals surface area (Å²) < 4.78 is 0. The number of piperidine rings is 1. The van der Waals surface area contributed by atoms with E-state index in [-0.39, 0.29) is 0 Å². The smallest absolute Gasteiger partial charge is 0.00190 e. The van der Waals surface area contributed by atoms with Crippen LogP contribution in [-0.2, 0) is 6.42 Å². The van der Waals surface area contributed by atoms with E-state index in [2.05, 4.69) is 48.5 Å². The fourth-order valence-electron chi connectivity index (χ4n) is 2.80. The number of hydrogen-bond acceptors (Lipinski definition) is 2. The summed E-state index contributed by atoms with van der Waals surface area (Å²) in [6.07, 6.45) is 3.86. The van der Waals surface area contributed by atoms with E-state index in [1.165, 1.54) is 56.6 Å². The quantitative estimate of drug-likeness (QED) is 0.858. The molecule has 0 unspecified atom stereocenters. The zero-order valence-corrected chi connectivity index (χ0v) is 11.8. The molecular weight excluding hydrogens is 220 g/mol. The van der Waals surface area contributed by atoms with Gasteiger partial charge in [0.25, 0.3) is 0 Å². The van der Waals surface area contributed by atoms with E-state index in [1.54, 1.807) is 0 Å². The van der Waals surface area contributed by atoms with Crippen molar-refractivity contribution in [2.75, 3.05) is 33.2 Å². The molecule has 2 heteroatoms. The molecule has 18 heavy (non-hydrogen) atoms. The standard InChI is InChI=1S/C16H26N2/c1-14-5-3-4-6-16(14)9-12-18(2)13-15-7-10-17-11-8-15/h3-6,15,17H,7-13H2,1-2H3. The Balaban J connectivity index is 1.74. The molecule has 1 aliphatic rings. The molecule has 0 aliphatic carbocycles. The first-order valence-corrected chi connectivity index (χ1v) is 7.19. The van der Waals surface area contributed by atoms with Crippen LogP contribution in [0.1, 0.15) is 24.0 Å². The lowest BCUT2D eigenvalue weighted by Gasteiger charge is -2.27. The van der Waals surface area contributed by atoms with Gasteiger partial charge in [0.2, 0.25) is 0 Å². The van der Waals surface area contributed by atoms with Crippen LogP contribution in [0.2, 0.25) is 0 Å². The van der Waals surface area contributed by atoms with Gasteiger partial charge in [0.15, 0.2) is 0 Å². The van der Waals surface area contributed by atoms with E-state index in [4.69, 9.17) is 0 Å². The normalized spacial score (nSPS) is 17.3. The summed E-state index contributed by atoms with van der Waals surface area (Å²) in [4.78, 5) is 2.50. The summed E-state index contributed by atoms with van der Waals surface area (Å²) in [7, 11) is 2.26. The molecule has 0 bridgehead atoms. The maximum atomic E-state index is 3.43. The van der Waals surface area contributed by atoms with Crippen molar-refractivity contribution in [2.24, 2.45) is 5.92 Å². The molecule has 1 fully saturated rings. The molecule has 1 N–H and O–H groups in total. The molecule has 2 nitrogen and oxygen atoms in total. The van der Waals surface area contributed by atoms with Crippen molar-refractivity contribution in [1.29, 1.82) is 0 Å². The number of benzene rings is 1. The van der Waals surface area contributed by atoms with Crippen molar-refractivity contribution in [1.82, 2.24) is 10.2 Å². The minimum absolute atomic E-state index is 0.896. The van der Waals surface area contributed by atoms with Gasteiger partial charge in [0.1, 0.15) is 0 Å². The molecule has 1 aromatic carbocycles. The highest BCUT2D eigenvalue weighted by atomic mass is 15.1. The summed E-state index contributed by atoms with van der Waals surface area (Å²) in [5, 5.41) is 3.43. The Hall–Kier alpha value is -0.860. The molecule has 100 valence electrons. The van der Waals surface area contributed by atoms with Gasteiger partial charge in [-0.2, -0.15) is 0 Å². The second-order valence-corrected chi connectivity index (χ2v) is 5.63. The SMILES string of the molecule is Cc1ccccc1CCN(C)CC1CCNCC1. The van der Waals surface area contributed by atoms with E-state index in [1.807, 2.05) is 0 Å². The van der Waals surface area contributed by atoms with Gasteiger partial charge < -0.3 is 10.2 Å². The lowest BCUT2D eigenvalue weighted by Crippen LogP contribution is -2.35. The highest BCUT2D eigenvalue weighted by Crippen LogP contribution is 2.13. The predicted molar refractivity (Wildman–Crippen MR) is 78.0 cm³/mol. The van der Waals surface area contributed by atoms with Crippen LogP contribution in [0.4, 0.5) is 0 Å². The van der Waals surface area contributed by atoms with Gasteiger partial charge >= 0.3 is 0 Å². The highest BCUT2D eigenvalue weighted by molar-refractivity contribution is 5.25. The summed E-state index contributed by atoms with van der Waals surface area (Å²) in [5.41, 5.74) is 2.92. The van der Waals surface area contributed by atoms with E-state index in [0.29, 0.717) is 0 Å². The monoisotopic (exact) mass is 246 g/mol. The van der Waals surface area contributed by atoms with Crippen molar-refractivity contribution >= 4 is 0 Å². The highest BCUT2D eigenvalue weighted by Gasteiger charge is 2.14. The van der Waals surface area contributed by atoms with Crippen LogP contribution in [-0.4, -0.2) is 38.1 Å². The van der Waals surface area contributed by atoms with Crippen molar-refractivity contribution in [3.8, 4) is 0 Å². The first-order valence-electron chi connectivity index (χ1n) is 7.19. The fourth-order valence-corrected chi connectivity index (χ4v) is 2.80. The van der Waals surface area contributed by atoms with Crippen LogP contribution >= 0.6 is 0 Å². The summed E-state index contributed by atoms with van der Waals surface area (Å²) in [6, 6.07) is 8.74. The number of aryl methyl sites for hydroxylation is 1. The zero-order chi connectivity index (χ0) is 12.8. The minimum atomic E-state index is 0.896. The maximum Gasteiger partial charge on any atom is 0.00190 e. The van der Waals surface area contributed by atoms with E-state index >= 15 is 0 Å². The average molecular weight is 246 g/mol. The Bertz CT molecular complexity index is 356. The third kappa shape index (κ3) is 4.11. The summed E-state index contributed by atoms with van der Waals surface area (Å²) in [6.45, 7) is 7.05. The second-order valence-electron chi connectivity index (χ2n) is 5.63. The Morgan fingerprint density at radius 3 is 2.67 bits per heavy atom. The van der Waals surface area contributed by atoms with Gasteiger partial charge in [-0.05, 0) is 63.4 Å². The first kappa shape index (κ1) is 13.6. The van der Waals surface area contributed by atoms with E-state index < -0.39 is 0 Å². The van der Waals surface area contributed by atoms with Gasteiger partial charge in [0, 0.05) is 13.1 Å². The Morgan fingerprint density at radius 1 is 1.22 bits per heavy atom. The van der Waals surface area contributed by atoms with Crippen molar-refractivity contribution in [3.05, 3.63) is 35.4 Å². The molecule has 0 amide bonds. The molecule has 0 radical (unpaired) electrons. The maximum absolute atomic E-state index is 3.43. The lowest BCUT2D eigenvalue weighted by atomic mass is 9.97. The van der Waals surface area contributed by atoms with Crippen molar-refractivity contribution < 1.29 is 0 Å². The van der Waals surface area contributed by atoms with Crippen LogP contribution in [0.3, 0.4) is 0 Å². The molecule has 1 saturated heterocycles. The van der Waals surface area contributed by atoms with E-state index in [9.17, 15) is 0 Å². The topological polar surface area (TPSA) is 15.3 Å². The molecule has 0 aromatic heterocycles. The molecule has 1 aliphatic heterocycles. The number of nitrogens with zero attached hydrogens (tertiary/aromatic N) is 1. The molecule has 0 atom stereocenters. The predicted octanol–water partition coefficient (Wildman–Crippen LogP) is 2.47. The third-order valence-electron chi connectivity index (χ3n) is 4.05. The van der Waals surface area contributed by atoms with Crippen molar-refractivity contribution in [3.63, 3.8) is 0 Å². The summed E-state index contributed by atoms with van der Waals surface area (Å²) in [5.74, 6) is 0.896. The van der Waals surface area contributed by atoms with Gasteiger partial charge in [-0.25, -0.2) is 0 Å². The lowest BCUT2D eigenvalue weighted by molar-refractivity contribution is 0.242. The Kier molecular flexibility index (Phi) is 5.21. The van der Waals surface area contributed by atoms with Crippen LogP contribution < -0.4 is 5.32 Å². The van der Waals surface area contributed by atoms with E-state index in [0.717, 1.165) is 5.92 Å². The van der Waals surface area contributed by atoms with Gasteiger partial charge in [-0.15, -0.1) is 0 Å². The number of likely N-dealkylation sites (N-methyl/N-ethyl adjacent to an activating group) is 1. The van der Waals surface area contributed by atoms with Gasteiger partial charge in [-0.1, -0.05) is 24.3 Å². The summed E-state index contributed by atoms with van der Waals surface area (Å²) >= 11 is 0. The largest absolute Gasteiger partial charge is 0.317 e. The third-order valence-corrected chi connectivity index (χ3v) is 4.05. The minimum Gasteiger partial charge on any atom is -0.317 e. The molecule has 0 spiro atoms. The van der Waals surface area contributed by atoms with Gasteiger partial charge in [-0.3, -0.25) is 0 Å². The molecule has 1 heterocycles. The average Bonchev–Trinajstić information content (AvgIpc) is 2.39. The number of rotatable bonds is 5.